The third kappa shape index (κ3) is 7.34. The van der Waals surface area contributed by atoms with Gasteiger partial charge in [-0.2, -0.15) is 0 Å². The largest absolute Gasteiger partial charge is 0.469 e. The summed E-state index contributed by atoms with van der Waals surface area (Å²) in [6, 6.07) is 14.8. The van der Waals surface area contributed by atoms with E-state index in [-0.39, 0.29) is 29.8 Å². The molecule has 0 atom stereocenters. The number of guanidine groups is 1. The van der Waals surface area contributed by atoms with Crippen LogP contribution in [-0.2, 0) is 19.4 Å². The third-order valence-electron chi connectivity index (χ3n) is 3.86. The molecule has 0 aliphatic heterocycles. The zero-order valence-corrected chi connectivity index (χ0v) is 18.0. The van der Waals surface area contributed by atoms with Crippen LogP contribution in [-0.4, -0.2) is 19.0 Å². The van der Waals surface area contributed by atoms with Crippen LogP contribution in [0.4, 0.5) is 4.39 Å². The van der Waals surface area contributed by atoms with Crippen molar-refractivity contribution in [3.05, 3.63) is 82.2 Å². The molecular formula is C20H23FIN3OS. The molecule has 7 heteroatoms. The second-order valence-corrected chi connectivity index (χ2v) is 6.80. The summed E-state index contributed by atoms with van der Waals surface area (Å²) in [5.74, 6) is 1.49. The van der Waals surface area contributed by atoms with Gasteiger partial charge in [0, 0.05) is 24.4 Å². The fraction of sp³-hybridized carbons (Fsp3) is 0.250. The van der Waals surface area contributed by atoms with Crippen molar-refractivity contribution in [1.29, 1.82) is 0 Å². The van der Waals surface area contributed by atoms with Gasteiger partial charge in [0.05, 0.1) is 12.8 Å². The molecule has 0 fully saturated rings. The van der Waals surface area contributed by atoms with Gasteiger partial charge in [-0.15, -0.1) is 35.3 Å². The lowest BCUT2D eigenvalue weighted by molar-refractivity contribution is 0.506. The number of nitrogens with one attached hydrogen (secondary N) is 2. The van der Waals surface area contributed by atoms with Crippen LogP contribution in [0.15, 0.2) is 69.6 Å². The van der Waals surface area contributed by atoms with Crippen molar-refractivity contribution in [3.63, 3.8) is 0 Å². The summed E-state index contributed by atoms with van der Waals surface area (Å²) in [7, 11) is 0. The first-order valence-corrected chi connectivity index (χ1v) is 9.49. The van der Waals surface area contributed by atoms with Gasteiger partial charge in [-0.25, -0.2) is 9.38 Å². The highest BCUT2D eigenvalue weighted by Gasteiger charge is 2.04. The van der Waals surface area contributed by atoms with E-state index in [1.807, 2.05) is 35.7 Å². The van der Waals surface area contributed by atoms with Gasteiger partial charge < -0.3 is 15.1 Å². The predicted molar refractivity (Wildman–Crippen MR) is 119 cm³/mol. The fourth-order valence-electron chi connectivity index (χ4n) is 2.51. The summed E-state index contributed by atoms with van der Waals surface area (Å²) in [5, 5.41) is 8.64. The minimum absolute atomic E-state index is 0. The third-order valence-corrected chi connectivity index (χ3v) is 4.72. The average molecular weight is 499 g/mol. The molecule has 0 amide bonds. The second-order valence-electron chi connectivity index (χ2n) is 5.77. The maximum Gasteiger partial charge on any atom is 0.191 e. The van der Waals surface area contributed by atoms with Crippen molar-refractivity contribution in [3.8, 4) is 0 Å². The lowest BCUT2D eigenvalue weighted by Crippen LogP contribution is -2.39. The number of benzene rings is 1. The Morgan fingerprint density at radius 2 is 1.81 bits per heavy atom. The van der Waals surface area contributed by atoms with Gasteiger partial charge >= 0.3 is 0 Å². The molecule has 2 N–H and O–H groups in total. The number of rotatable bonds is 8. The van der Waals surface area contributed by atoms with Crippen LogP contribution in [0.1, 0.15) is 16.2 Å². The molecule has 3 rings (SSSR count). The van der Waals surface area contributed by atoms with Gasteiger partial charge in [0.1, 0.15) is 11.6 Å². The SMILES string of the molecule is Fc1ccccc1CCNC(=NCc1cccs1)NCCc1ccco1.I. The van der Waals surface area contributed by atoms with Crippen LogP contribution in [0, 0.1) is 5.82 Å². The first kappa shape index (κ1) is 21.4. The Hall–Kier alpha value is -1.87. The monoisotopic (exact) mass is 499 g/mol. The number of halogens is 2. The first-order valence-electron chi connectivity index (χ1n) is 8.61. The number of nitrogens with zero attached hydrogens (tertiary/aromatic N) is 1. The lowest BCUT2D eigenvalue weighted by Gasteiger charge is -2.12. The van der Waals surface area contributed by atoms with E-state index >= 15 is 0 Å². The number of hydrogen-bond donors (Lipinski definition) is 2. The minimum atomic E-state index is -0.169. The molecule has 0 unspecified atom stereocenters. The summed E-state index contributed by atoms with van der Waals surface area (Å²) < 4.78 is 19.1. The smallest absolute Gasteiger partial charge is 0.191 e. The number of hydrogen-bond acceptors (Lipinski definition) is 3. The molecule has 0 aliphatic carbocycles. The molecule has 4 nitrogen and oxygen atoms in total. The summed E-state index contributed by atoms with van der Waals surface area (Å²) in [6.45, 7) is 1.94. The highest BCUT2D eigenvalue weighted by atomic mass is 127. The van der Waals surface area contributed by atoms with Crippen molar-refractivity contribution in [2.24, 2.45) is 4.99 Å². The van der Waals surface area contributed by atoms with E-state index < -0.39 is 0 Å². The van der Waals surface area contributed by atoms with Crippen LogP contribution in [0.5, 0.6) is 0 Å². The van der Waals surface area contributed by atoms with Crippen molar-refractivity contribution >= 4 is 41.3 Å². The van der Waals surface area contributed by atoms with E-state index in [2.05, 4.69) is 21.7 Å². The maximum absolute atomic E-state index is 13.7. The Morgan fingerprint density at radius 3 is 2.52 bits per heavy atom. The Bertz CT molecular complexity index is 807. The van der Waals surface area contributed by atoms with Crippen molar-refractivity contribution in [1.82, 2.24) is 10.6 Å². The van der Waals surface area contributed by atoms with E-state index in [4.69, 9.17) is 4.42 Å². The molecule has 27 heavy (non-hydrogen) atoms. The number of thiophene rings is 1. The highest BCUT2D eigenvalue weighted by Crippen LogP contribution is 2.09. The van der Waals surface area contributed by atoms with Gasteiger partial charge in [-0.3, -0.25) is 0 Å². The summed E-state index contributed by atoms with van der Waals surface area (Å²) in [6.07, 6.45) is 3.05. The number of furan rings is 1. The van der Waals surface area contributed by atoms with Gasteiger partial charge in [0.25, 0.3) is 0 Å². The van der Waals surface area contributed by atoms with Crippen LogP contribution in [0.2, 0.25) is 0 Å². The van der Waals surface area contributed by atoms with Gasteiger partial charge in [-0.05, 0) is 41.6 Å². The fourth-order valence-corrected chi connectivity index (χ4v) is 3.14. The van der Waals surface area contributed by atoms with E-state index in [1.165, 1.54) is 10.9 Å². The molecule has 144 valence electrons. The molecule has 0 spiro atoms. The van der Waals surface area contributed by atoms with E-state index in [0.717, 1.165) is 18.1 Å². The molecule has 0 aliphatic rings. The van der Waals surface area contributed by atoms with Crippen LogP contribution >= 0.6 is 35.3 Å². The minimum Gasteiger partial charge on any atom is -0.469 e. The Kier molecular flexibility index (Phi) is 9.34. The van der Waals surface area contributed by atoms with E-state index in [0.29, 0.717) is 31.6 Å². The van der Waals surface area contributed by atoms with Crippen molar-refractivity contribution < 1.29 is 8.81 Å². The van der Waals surface area contributed by atoms with E-state index in [1.54, 1.807) is 23.7 Å². The summed E-state index contributed by atoms with van der Waals surface area (Å²) in [5.41, 5.74) is 0.702. The molecule has 2 heterocycles. The zero-order valence-electron chi connectivity index (χ0n) is 14.9. The molecule has 0 saturated carbocycles. The molecule has 2 aromatic heterocycles. The Morgan fingerprint density at radius 1 is 1.00 bits per heavy atom. The quantitative estimate of drug-likeness (QED) is 0.270. The Balaban J connectivity index is 0.00000261. The zero-order chi connectivity index (χ0) is 18.0. The van der Waals surface area contributed by atoms with Crippen molar-refractivity contribution in [2.75, 3.05) is 13.1 Å². The second kappa shape index (κ2) is 11.8. The van der Waals surface area contributed by atoms with Crippen molar-refractivity contribution in [2.45, 2.75) is 19.4 Å². The Labute approximate surface area is 179 Å². The molecule has 0 bridgehead atoms. The van der Waals surface area contributed by atoms with Crippen LogP contribution in [0.3, 0.4) is 0 Å². The van der Waals surface area contributed by atoms with Gasteiger partial charge in [0.15, 0.2) is 5.96 Å². The molecule has 0 radical (unpaired) electrons. The predicted octanol–water partition coefficient (Wildman–Crippen LogP) is 4.62. The van der Waals surface area contributed by atoms with Crippen LogP contribution in [0.25, 0.3) is 0 Å². The summed E-state index contributed by atoms with van der Waals surface area (Å²) in [4.78, 5) is 5.82. The standard InChI is InChI=1S/C20H22FN3OS.HI/c21-19-8-2-1-5-16(19)9-11-22-20(24-15-18-7-4-14-26-18)23-12-10-17-6-3-13-25-17;/h1-8,13-14H,9-12,15H2,(H2,22,23,24);1H. The molecular weight excluding hydrogens is 476 g/mol. The molecule has 3 aromatic rings. The average Bonchev–Trinajstić information content (AvgIpc) is 3.34. The normalized spacial score (nSPS) is 11.1. The summed E-state index contributed by atoms with van der Waals surface area (Å²) >= 11 is 1.68. The first-order chi connectivity index (χ1) is 12.8. The molecule has 0 saturated heterocycles. The van der Waals surface area contributed by atoms with E-state index in [9.17, 15) is 4.39 Å². The topological polar surface area (TPSA) is 49.6 Å². The number of aliphatic imine (C=N–C) groups is 1. The molecule has 1 aromatic carbocycles. The highest BCUT2D eigenvalue weighted by molar-refractivity contribution is 14.0. The van der Waals surface area contributed by atoms with Gasteiger partial charge in [-0.1, -0.05) is 24.3 Å². The maximum atomic E-state index is 13.7. The van der Waals surface area contributed by atoms with Crippen LogP contribution < -0.4 is 10.6 Å². The van der Waals surface area contributed by atoms with Gasteiger partial charge in [0.2, 0.25) is 0 Å². The lowest BCUT2D eigenvalue weighted by atomic mass is 10.1.